The van der Waals surface area contributed by atoms with E-state index in [0.29, 0.717) is 0 Å². The quantitative estimate of drug-likeness (QED) is 0.355. The smallest absolute Gasteiger partial charge is 0.00923 e. The van der Waals surface area contributed by atoms with Gasteiger partial charge in [-0.2, -0.15) is 0 Å². The van der Waals surface area contributed by atoms with Gasteiger partial charge in [-0.25, -0.2) is 0 Å². The van der Waals surface area contributed by atoms with Gasteiger partial charge in [0, 0.05) is 6.04 Å². The second-order valence-corrected chi connectivity index (χ2v) is 7.26. The van der Waals surface area contributed by atoms with Crippen molar-refractivity contribution in [2.45, 2.75) is 90.0 Å². The van der Waals surface area contributed by atoms with Gasteiger partial charge in [0.1, 0.15) is 0 Å². The molecule has 0 N–H and O–H groups in total. The molecule has 0 fully saturated rings. The Hall–Kier alpha value is -0.820. The van der Waals surface area contributed by atoms with Crippen molar-refractivity contribution in [3.8, 4) is 0 Å². The van der Waals surface area contributed by atoms with Crippen LogP contribution in [0.15, 0.2) is 30.3 Å². The van der Waals surface area contributed by atoms with Gasteiger partial charge >= 0.3 is 0 Å². The van der Waals surface area contributed by atoms with E-state index in [-0.39, 0.29) is 0 Å². The third-order valence-electron chi connectivity index (χ3n) is 4.98. The zero-order valence-corrected chi connectivity index (χ0v) is 15.9. The standard InChI is InChI=1S/C22H39N/c1-4-5-6-7-8-9-10-11-15-18-22(23(2)3)20-19-21-16-13-12-14-17-21/h12-14,16-17,22H,4-11,15,18-20H2,1-3H3. The van der Waals surface area contributed by atoms with Crippen LogP contribution in [-0.4, -0.2) is 25.0 Å². The fourth-order valence-electron chi connectivity index (χ4n) is 3.33. The van der Waals surface area contributed by atoms with Gasteiger partial charge in [0.2, 0.25) is 0 Å². The Morgan fingerprint density at radius 3 is 1.87 bits per heavy atom. The molecule has 0 saturated carbocycles. The van der Waals surface area contributed by atoms with Crippen LogP contribution in [0.1, 0.15) is 83.1 Å². The molecule has 0 heterocycles. The van der Waals surface area contributed by atoms with Crippen molar-refractivity contribution >= 4 is 0 Å². The van der Waals surface area contributed by atoms with Crippen LogP contribution in [0.5, 0.6) is 0 Å². The molecule has 0 saturated heterocycles. The van der Waals surface area contributed by atoms with E-state index in [1.165, 1.54) is 82.6 Å². The minimum atomic E-state index is 0.736. The highest BCUT2D eigenvalue weighted by molar-refractivity contribution is 5.14. The molecular weight excluding hydrogens is 278 g/mol. The van der Waals surface area contributed by atoms with Crippen LogP contribution in [0.2, 0.25) is 0 Å². The molecule has 0 radical (unpaired) electrons. The third-order valence-corrected chi connectivity index (χ3v) is 4.98. The van der Waals surface area contributed by atoms with Crippen molar-refractivity contribution in [3.63, 3.8) is 0 Å². The Labute approximate surface area is 145 Å². The number of nitrogens with zero attached hydrogens (tertiary/aromatic N) is 1. The van der Waals surface area contributed by atoms with Crippen molar-refractivity contribution in [3.05, 3.63) is 35.9 Å². The van der Waals surface area contributed by atoms with Crippen LogP contribution in [-0.2, 0) is 6.42 Å². The molecule has 1 unspecified atom stereocenters. The molecular formula is C22H39N. The molecule has 1 atom stereocenters. The predicted octanol–water partition coefficient (Wildman–Crippen LogP) is 6.47. The molecule has 1 heteroatoms. The molecule has 0 aliphatic heterocycles. The van der Waals surface area contributed by atoms with E-state index in [1.807, 2.05) is 0 Å². The SMILES string of the molecule is CCCCCCCCCCCC(CCc1ccccc1)N(C)C. The summed E-state index contributed by atoms with van der Waals surface area (Å²) >= 11 is 0. The summed E-state index contributed by atoms with van der Waals surface area (Å²) in [5.74, 6) is 0. The minimum Gasteiger partial charge on any atom is -0.306 e. The van der Waals surface area contributed by atoms with E-state index in [1.54, 1.807) is 0 Å². The Balaban J connectivity index is 2.07. The van der Waals surface area contributed by atoms with E-state index in [2.05, 4.69) is 56.3 Å². The zero-order chi connectivity index (χ0) is 16.8. The van der Waals surface area contributed by atoms with Gasteiger partial charge in [-0.15, -0.1) is 0 Å². The number of rotatable bonds is 14. The molecule has 0 spiro atoms. The third kappa shape index (κ3) is 10.5. The van der Waals surface area contributed by atoms with Crippen molar-refractivity contribution in [1.29, 1.82) is 0 Å². The molecule has 0 bridgehead atoms. The highest BCUT2D eigenvalue weighted by Gasteiger charge is 2.11. The molecule has 0 aliphatic carbocycles. The van der Waals surface area contributed by atoms with Crippen LogP contribution in [0.4, 0.5) is 0 Å². The van der Waals surface area contributed by atoms with E-state index < -0.39 is 0 Å². The van der Waals surface area contributed by atoms with Gasteiger partial charge in [0.15, 0.2) is 0 Å². The maximum atomic E-state index is 2.42. The minimum absolute atomic E-state index is 0.736. The highest BCUT2D eigenvalue weighted by Crippen LogP contribution is 2.16. The second kappa shape index (κ2) is 13.6. The fraction of sp³-hybridized carbons (Fsp3) is 0.727. The predicted molar refractivity (Wildman–Crippen MR) is 104 cm³/mol. The van der Waals surface area contributed by atoms with E-state index in [9.17, 15) is 0 Å². The topological polar surface area (TPSA) is 3.24 Å². The van der Waals surface area contributed by atoms with Gasteiger partial charge in [-0.1, -0.05) is 95.0 Å². The molecule has 1 nitrogen and oxygen atoms in total. The summed E-state index contributed by atoms with van der Waals surface area (Å²) in [5.41, 5.74) is 1.48. The number of hydrogen-bond donors (Lipinski definition) is 0. The molecule has 0 aliphatic rings. The first-order valence-electron chi connectivity index (χ1n) is 9.94. The summed E-state index contributed by atoms with van der Waals surface area (Å²) in [5, 5.41) is 0. The normalized spacial score (nSPS) is 12.7. The van der Waals surface area contributed by atoms with Crippen LogP contribution < -0.4 is 0 Å². The molecule has 23 heavy (non-hydrogen) atoms. The zero-order valence-electron chi connectivity index (χ0n) is 15.9. The number of benzene rings is 1. The lowest BCUT2D eigenvalue weighted by atomic mass is 9.99. The molecule has 132 valence electrons. The Bertz CT molecular complexity index is 357. The largest absolute Gasteiger partial charge is 0.306 e. The average molecular weight is 318 g/mol. The van der Waals surface area contributed by atoms with Gasteiger partial charge < -0.3 is 4.90 Å². The number of aryl methyl sites for hydroxylation is 1. The number of hydrogen-bond acceptors (Lipinski definition) is 1. The van der Waals surface area contributed by atoms with Crippen molar-refractivity contribution < 1.29 is 0 Å². The van der Waals surface area contributed by atoms with Crippen LogP contribution in [0.25, 0.3) is 0 Å². The van der Waals surface area contributed by atoms with Crippen molar-refractivity contribution in [1.82, 2.24) is 4.90 Å². The molecule has 1 rings (SSSR count). The van der Waals surface area contributed by atoms with Crippen LogP contribution >= 0.6 is 0 Å². The van der Waals surface area contributed by atoms with Crippen molar-refractivity contribution in [2.75, 3.05) is 14.1 Å². The average Bonchev–Trinajstić information content (AvgIpc) is 2.56. The fourth-order valence-corrected chi connectivity index (χ4v) is 3.33. The summed E-state index contributed by atoms with van der Waals surface area (Å²) in [7, 11) is 4.48. The molecule has 1 aromatic carbocycles. The monoisotopic (exact) mass is 317 g/mol. The summed E-state index contributed by atoms with van der Waals surface area (Å²) in [6, 6.07) is 11.7. The summed E-state index contributed by atoms with van der Waals surface area (Å²) < 4.78 is 0. The van der Waals surface area contributed by atoms with E-state index in [4.69, 9.17) is 0 Å². The van der Waals surface area contributed by atoms with E-state index >= 15 is 0 Å². The van der Waals surface area contributed by atoms with Gasteiger partial charge in [-0.3, -0.25) is 0 Å². The Kier molecular flexibility index (Phi) is 12.0. The second-order valence-electron chi connectivity index (χ2n) is 7.26. The van der Waals surface area contributed by atoms with Gasteiger partial charge in [-0.05, 0) is 38.9 Å². The van der Waals surface area contributed by atoms with Crippen LogP contribution in [0.3, 0.4) is 0 Å². The maximum absolute atomic E-state index is 2.42. The Morgan fingerprint density at radius 1 is 0.739 bits per heavy atom. The molecule has 1 aromatic rings. The first-order valence-corrected chi connectivity index (χ1v) is 9.94. The van der Waals surface area contributed by atoms with Crippen LogP contribution in [0, 0.1) is 0 Å². The Morgan fingerprint density at radius 2 is 1.30 bits per heavy atom. The lowest BCUT2D eigenvalue weighted by Gasteiger charge is -2.24. The molecule has 0 aromatic heterocycles. The van der Waals surface area contributed by atoms with Crippen molar-refractivity contribution in [2.24, 2.45) is 0 Å². The van der Waals surface area contributed by atoms with Gasteiger partial charge in [0.25, 0.3) is 0 Å². The summed E-state index contributed by atoms with van der Waals surface area (Å²) in [6.45, 7) is 2.29. The highest BCUT2D eigenvalue weighted by atomic mass is 15.1. The summed E-state index contributed by atoms with van der Waals surface area (Å²) in [6.07, 6.45) is 16.7. The lowest BCUT2D eigenvalue weighted by Crippen LogP contribution is -2.28. The maximum Gasteiger partial charge on any atom is 0.00923 e. The van der Waals surface area contributed by atoms with Gasteiger partial charge in [0.05, 0.1) is 0 Å². The first kappa shape index (κ1) is 20.2. The number of unbranched alkanes of at least 4 members (excludes halogenated alkanes) is 8. The van der Waals surface area contributed by atoms with E-state index in [0.717, 1.165) is 6.04 Å². The first-order chi connectivity index (χ1) is 11.2. The summed E-state index contributed by atoms with van der Waals surface area (Å²) in [4.78, 5) is 2.42. The molecule has 0 amide bonds. The lowest BCUT2D eigenvalue weighted by molar-refractivity contribution is 0.257.